The fraction of sp³-hybridized carbons (Fsp3) is 0.400. The monoisotopic (exact) mass is 209 g/mol. The predicted molar refractivity (Wildman–Crippen MR) is 67.5 cm³/mol. The summed E-state index contributed by atoms with van der Waals surface area (Å²) in [5.74, 6) is 0. The second-order valence-corrected chi connectivity index (χ2v) is 9.16. The van der Waals surface area contributed by atoms with E-state index in [0.717, 1.165) is 20.8 Å². The van der Waals surface area contributed by atoms with E-state index in [1.54, 1.807) is 0 Å². The fourth-order valence-electron chi connectivity index (χ4n) is 1.26. The molecule has 0 aliphatic heterocycles. The summed E-state index contributed by atoms with van der Waals surface area (Å²) in [7, 11) is 2.28. The Labute approximate surface area is 87.2 Å². The second-order valence-electron chi connectivity index (χ2n) is 4.69. The highest BCUT2D eigenvalue weighted by Gasteiger charge is 2.12. The largest absolute Gasteiger partial charge is 0.439 e. The van der Waals surface area contributed by atoms with Gasteiger partial charge in [-0.25, -0.2) is 0 Å². The van der Waals surface area contributed by atoms with E-state index in [-0.39, 0.29) is 5.41 Å². The highest BCUT2D eigenvalue weighted by atomic mass is 28.2. The van der Waals surface area contributed by atoms with Crippen LogP contribution in [0.25, 0.3) is 0 Å². The smallest absolute Gasteiger partial charge is 0.0965 e. The number of hydrogen-bond acceptors (Lipinski definition) is 1. The molecular weight excluding hydrogens is 190 g/mol. The topological polar surface area (TPSA) is 3.24 Å². The minimum absolute atomic E-state index is 0.277. The number of rotatable bonds is 1. The summed E-state index contributed by atoms with van der Waals surface area (Å²) in [4.78, 5) is 0. The first-order chi connectivity index (χ1) is 5.91. The third-order valence-corrected chi connectivity index (χ3v) is 3.28. The maximum atomic E-state index is 2.40. The van der Waals surface area contributed by atoms with Crippen molar-refractivity contribution >= 4 is 26.5 Å². The zero-order valence-corrected chi connectivity index (χ0v) is 13.3. The summed E-state index contributed by atoms with van der Waals surface area (Å²) in [6, 6.07) is 8.97. The first kappa shape index (κ1) is 10.5. The van der Waals surface area contributed by atoms with Gasteiger partial charge in [-0.15, -0.1) is 0 Å². The third-order valence-electron chi connectivity index (χ3n) is 2.25. The van der Waals surface area contributed by atoms with Crippen molar-refractivity contribution < 1.29 is 0 Å². The Morgan fingerprint density at radius 1 is 1.00 bits per heavy atom. The van der Waals surface area contributed by atoms with Crippen molar-refractivity contribution in [1.82, 2.24) is 0 Å². The normalized spacial score (nSPS) is 11.9. The molecule has 0 amide bonds. The molecule has 0 atom stereocenters. The maximum Gasteiger partial charge on any atom is 0.0965 e. The lowest BCUT2D eigenvalue weighted by Crippen LogP contribution is -2.15. The van der Waals surface area contributed by atoms with Crippen LogP contribution in [-0.4, -0.2) is 20.8 Å². The molecule has 0 radical (unpaired) electrons. The van der Waals surface area contributed by atoms with Crippen LogP contribution in [0.5, 0.6) is 0 Å². The molecule has 0 aromatic heterocycles. The molecule has 0 heterocycles. The van der Waals surface area contributed by atoms with Gasteiger partial charge in [0.1, 0.15) is 0 Å². The molecule has 1 aromatic carbocycles. The van der Waals surface area contributed by atoms with Gasteiger partial charge in [-0.05, 0) is 23.1 Å². The summed E-state index contributed by atoms with van der Waals surface area (Å²) < 4.78 is 2.40. The van der Waals surface area contributed by atoms with Crippen LogP contribution in [0.4, 0.5) is 5.69 Å². The van der Waals surface area contributed by atoms with Crippen molar-refractivity contribution in [3.05, 3.63) is 29.8 Å². The van der Waals surface area contributed by atoms with Crippen LogP contribution < -0.4 is 4.23 Å². The van der Waals surface area contributed by atoms with Gasteiger partial charge in [0.25, 0.3) is 0 Å². The fourth-order valence-corrected chi connectivity index (χ4v) is 1.86. The SMILES string of the molecule is CC(C)(C)c1ccc(N([SiH3])[SiH3])cc1. The van der Waals surface area contributed by atoms with Crippen LogP contribution in [0.3, 0.4) is 0 Å². The predicted octanol–water partition coefficient (Wildman–Crippen LogP) is 0.351. The molecule has 0 unspecified atom stereocenters. The minimum atomic E-state index is 0.277. The maximum absolute atomic E-state index is 2.40. The van der Waals surface area contributed by atoms with E-state index in [2.05, 4.69) is 49.3 Å². The van der Waals surface area contributed by atoms with Crippen LogP contribution >= 0.6 is 0 Å². The Morgan fingerprint density at radius 3 is 1.77 bits per heavy atom. The van der Waals surface area contributed by atoms with E-state index in [0.29, 0.717) is 0 Å². The summed E-state index contributed by atoms with van der Waals surface area (Å²) in [6.07, 6.45) is 0. The molecule has 0 spiro atoms. The molecule has 13 heavy (non-hydrogen) atoms. The molecular formula is C10H19NSi2. The number of hydrogen-bond donors (Lipinski definition) is 0. The van der Waals surface area contributed by atoms with Gasteiger partial charge in [0, 0.05) is 5.69 Å². The Bertz CT molecular complexity index is 272. The summed E-state index contributed by atoms with van der Waals surface area (Å²) in [5.41, 5.74) is 3.08. The number of nitrogens with zero attached hydrogens (tertiary/aromatic N) is 1. The first-order valence-electron chi connectivity index (χ1n) is 4.69. The number of anilines is 1. The first-order valence-corrected chi connectivity index (χ1v) is 6.48. The lowest BCUT2D eigenvalue weighted by atomic mass is 9.87. The van der Waals surface area contributed by atoms with E-state index < -0.39 is 0 Å². The van der Waals surface area contributed by atoms with Gasteiger partial charge in [0.15, 0.2) is 0 Å². The van der Waals surface area contributed by atoms with Crippen LogP contribution in [0.1, 0.15) is 26.3 Å². The van der Waals surface area contributed by atoms with Crippen molar-refractivity contribution in [2.45, 2.75) is 26.2 Å². The summed E-state index contributed by atoms with van der Waals surface area (Å²) in [6.45, 7) is 6.75. The molecule has 0 fully saturated rings. The molecule has 0 saturated heterocycles. The molecule has 1 nitrogen and oxygen atoms in total. The summed E-state index contributed by atoms with van der Waals surface area (Å²) in [5, 5.41) is 0. The molecule has 72 valence electrons. The van der Waals surface area contributed by atoms with E-state index in [1.165, 1.54) is 11.3 Å². The van der Waals surface area contributed by atoms with Crippen LogP contribution in [0.2, 0.25) is 0 Å². The zero-order valence-electron chi connectivity index (χ0n) is 9.26. The zero-order chi connectivity index (χ0) is 10.1. The molecule has 0 saturated carbocycles. The molecule has 0 bridgehead atoms. The number of benzene rings is 1. The molecule has 0 N–H and O–H groups in total. The highest BCUT2D eigenvalue weighted by Crippen LogP contribution is 2.23. The van der Waals surface area contributed by atoms with Gasteiger partial charge < -0.3 is 4.23 Å². The molecule has 3 heteroatoms. The Kier molecular flexibility index (Phi) is 2.98. The van der Waals surface area contributed by atoms with Crippen molar-refractivity contribution in [1.29, 1.82) is 0 Å². The van der Waals surface area contributed by atoms with E-state index in [1.807, 2.05) is 0 Å². The Morgan fingerprint density at radius 2 is 1.46 bits per heavy atom. The van der Waals surface area contributed by atoms with Crippen LogP contribution in [0.15, 0.2) is 24.3 Å². The Hall–Kier alpha value is -0.546. The van der Waals surface area contributed by atoms with Gasteiger partial charge in [-0.2, -0.15) is 0 Å². The lowest BCUT2D eigenvalue weighted by Gasteiger charge is -2.21. The second kappa shape index (κ2) is 3.68. The van der Waals surface area contributed by atoms with Crippen molar-refractivity contribution in [3.63, 3.8) is 0 Å². The van der Waals surface area contributed by atoms with Gasteiger partial charge in [0.05, 0.1) is 20.8 Å². The minimum Gasteiger partial charge on any atom is -0.439 e. The van der Waals surface area contributed by atoms with Crippen molar-refractivity contribution in [3.8, 4) is 0 Å². The van der Waals surface area contributed by atoms with Crippen LogP contribution in [-0.2, 0) is 5.41 Å². The van der Waals surface area contributed by atoms with E-state index in [4.69, 9.17) is 0 Å². The molecule has 0 aliphatic carbocycles. The molecule has 1 aromatic rings. The summed E-state index contributed by atoms with van der Waals surface area (Å²) >= 11 is 0. The quantitative estimate of drug-likeness (QED) is 0.604. The van der Waals surface area contributed by atoms with Gasteiger partial charge in [-0.1, -0.05) is 32.9 Å². The van der Waals surface area contributed by atoms with Crippen molar-refractivity contribution in [2.75, 3.05) is 4.23 Å². The van der Waals surface area contributed by atoms with E-state index >= 15 is 0 Å². The molecule has 1 rings (SSSR count). The van der Waals surface area contributed by atoms with Gasteiger partial charge >= 0.3 is 0 Å². The highest BCUT2D eigenvalue weighted by molar-refractivity contribution is 6.41. The molecule has 0 aliphatic rings. The van der Waals surface area contributed by atoms with E-state index in [9.17, 15) is 0 Å². The van der Waals surface area contributed by atoms with Crippen molar-refractivity contribution in [2.24, 2.45) is 0 Å². The average Bonchev–Trinajstić information content (AvgIpc) is 2.03. The standard InChI is InChI=1S/C10H19NSi2/c1-10(2,3)8-4-6-9(7-5-8)11(12)13/h4-7H,1-3,12-13H3. The van der Waals surface area contributed by atoms with Gasteiger partial charge in [-0.3, -0.25) is 0 Å². The third kappa shape index (κ3) is 2.70. The average molecular weight is 209 g/mol. The van der Waals surface area contributed by atoms with Crippen LogP contribution in [0, 0.1) is 0 Å². The lowest BCUT2D eigenvalue weighted by molar-refractivity contribution is 0.590. The van der Waals surface area contributed by atoms with Gasteiger partial charge in [0.2, 0.25) is 0 Å². The Balaban J connectivity index is 2.94.